The maximum absolute atomic E-state index is 13.8. The number of halogens is 3. The summed E-state index contributed by atoms with van der Waals surface area (Å²) in [6.07, 6.45) is 0. The Balaban J connectivity index is 2.37. The van der Waals surface area contributed by atoms with E-state index in [-0.39, 0.29) is 5.82 Å². The van der Waals surface area contributed by atoms with Crippen molar-refractivity contribution in [3.05, 3.63) is 57.3 Å². The molecule has 0 saturated heterocycles. The Kier molecular flexibility index (Phi) is 4.80. The molecular formula is C14H12BrClFNO. The van der Waals surface area contributed by atoms with Gasteiger partial charge >= 0.3 is 0 Å². The lowest BCUT2D eigenvalue weighted by molar-refractivity contribution is 0.464. The van der Waals surface area contributed by atoms with E-state index in [1.807, 2.05) is 6.07 Å². The molecule has 0 aliphatic carbocycles. The molecule has 0 bridgehead atoms. The average Bonchev–Trinajstić information content (AvgIpc) is 2.38. The van der Waals surface area contributed by atoms with Gasteiger partial charge in [0, 0.05) is 16.6 Å². The third-order valence-electron chi connectivity index (χ3n) is 2.54. The summed E-state index contributed by atoms with van der Waals surface area (Å²) in [5, 5.41) is 3.39. The Morgan fingerprint density at radius 2 is 2.05 bits per heavy atom. The maximum atomic E-state index is 13.8. The van der Waals surface area contributed by atoms with Crippen LogP contribution in [-0.2, 0) is 6.54 Å². The summed E-state index contributed by atoms with van der Waals surface area (Å²) in [5.41, 5.74) is 0.473. The lowest BCUT2D eigenvalue weighted by Gasteiger charge is -2.13. The van der Waals surface area contributed by atoms with Gasteiger partial charge in [-0.25, -0.2) is 4.39 Å². The first-order valence-electron chi connectivity index (χ1n) is 5.66. The molecule has 2 nitrogen and oxygen atoms in total. The Morgan fingerprint density at radius 3 is 2.79 bits per heavy atom. The first-order valence-corrected chi connectivity index (χ1v) is 6.84. The van der Waals surface area contributed by atoms with E-state index < -0.39 is 0 Å². The zero-order valence-electron chi connectivity index (χ0n) is 10.2. The largest absolute Gasteiger partial charge is 0.455 e. The summed E-state index contributed by atoms with van der Waals surface area (Å²) in [6, 6.07) is 10.0. The van der Waals surface area contributed by atoms with Crippen molar-refractivity contribution in [3.63, 3.8) is 0 Å². The molecule has 0 heterocycles. The quantitative estimate of drug-likeness (QED) is 0.864. The van der Waals surface area contributed by atoms with Gasteiger partial charge in [0.2, 0.25) is 0 Å². The average molecular weight is 345 g/mol. The van der Waals surface area contributed by atoms with Gasteiger partial charge in [0.25, 0.3) is 0 Å². The minimum Gasteiger partial charge on any atom is -0.455 e. The van der Waals surface area contributed by atoms with Crippen molar-refractivity contribution in [2.75, 3.05) is 7.05 Å². The fourth-order valence-electron chi connectivity index (χ4n) is 1.66. The van der Waals surface area contributed by atoms with Crippen LogP contribution in [0.4, 0.5) is 4.39 Å². The second kappa shape index (κ2) is 6.37. The molecule has 0 amide bonds. The SMILES string of the molecule is CNCc1c(F)cccc1Oc1cc(Br)ccc1Cl. The molecule has 0 aliphatic rings. The zero-order chi connectivity index (χ0) is 13.8. The van der Waals surface area contributed by atoms with Crippen LogP contribution in [0.3, 0.4) is 0 Å². The summed E-state index contributed by atoms with van der Waals surface area (Å²) in [4.78, 5) is 0. The van der Waals surface area contributed by atoms with Crippen LogP contribution in [0.2, 0.25) is 5.02 Å². The fourth-order valence-corrected chi connectivity index (χ4v) is 2.15. The smallest absolute Gasteiger partial charge is 0.147 e. The van der Waals surface area contributed by atoms with E-state index in [2.05, 4.69) is 21.2 Å². The van der Waals surface area contributed by atoms with Crippen LogP contribution >= 0.6 is 27.5 Å². The Morgan fingerprint density at radius 1 is 1.26 bits per heavy atom. The lowest BCUT2D eigenvalue weighted by atomic mass is 10.2. The second-order valence-corrected chi connectivity index (χ2v) is 5.25. The highest BCUT2D eigenvalue weighted by molar-refractivity contribution is 9.10. The molecule has 0 spiro atoms. The number of hydrogen-bond donors (Lipinski definition) is 1. The van der Waals surface area contributed by atoms with Gasteiger partial charge in [0.05, 0.1) is 5.02 Å². The van der Waals surface area contributed by atoms with E-state index >= 15 is 0 Å². The number of rotatable bonds is 4. The Bertz CT molecular complexity index is 592. The van der Waals surface area contributed by atoms with Crippen LogP contribution in [0.15, 0.2) is 40.9 Å². The minimum absolute atomic E-state index is 0.307. The summed E-state index contributed by atoms with van der Waals surface area (Å²) >= 11 is 9.41. The predicted octanol–water partition coefficient (Wildman–Crippen LogP) is 4.75. The molecule has 5 heteroatoms. The van der Waals surface area contributed by atoms with Crippen LogP contribution in [0.1, 0.15) is 5.56 Å². The van der Waals surface area contributed by atoms with Crippen LogP contribution in [-0.4, -0.2) is 7.05 Å². The molecule has 2 aromatic rings. The van der Waals surface area contributed by atoms with Gasteiger partial charge in [0.1, 0.15) is 17.3 Å². The molecule has 0 aliphatic heterocycles. The standard InChI is InChI=1S/C14H12BrClFNO/c1-18-8-10-12(17)3-2-4-13(10)19-14-7-9(15)5-6-11(14)16/h2-7,18H,8H2,1H3. The summed E-state index contributed by atoms with van der Waals surface area (Å²) < 4.78 is 20.3. The van der Waals surface area contributed by atoms with E-state index in [4.69, 9.17) is 16.3 Å². The van der Waals surface area contributed by atoms with Crippen LogP contribution < -0.4 is 10.1 Å². The number of nitrogens with one attached hydrogen (secondary N) is 1. The van der Waals surface area contributed by atoms with Gasteiger partial charge in [-0.05, 0) is 37.4 Å². The first-order chi connectivity index (χ1) is 9.11. The third-order valence-corrected chi connectivity index (χ3v) is 3.35. The van der Waals surface area contributed by atoms with Crippen molar-refractivity contribution in [3.8, 4) is 11.5 Å². The Hall–Kier alpha value is -1.10. The highest BCUT2D eigenvalue weighted by Gasteiger charge is 2.11. The minimum atomic E-state index is -0.307. The first kappa shape index (κ1) is 14.3. The number of ether oxygens (including phenoxy) is 1. The van der Waals surface area contributed by atoms with Crippen molar-refractivity contribution in [1.82, 2.24) is 5.32 Å². The van der Waals surface area contributed by atoms with Gasteiger partial charge in [0.15, 0.2) is 0 Å². The van der Waals surface area contributed by atoms with Crippen LogP contribution in [0.5, 0.6) is 11.5 Å². The van der Waals surface area contributed by atoms with Gasteiger partial charge in [-0.1, -0.05) is 33.6 Å². The van der Waals surface area contributed by atoms with E-state index in [1.165, 1.54) is 6.07 Å². The molecule has 19 heavy (non-hydrogen) atoms. The van der Waals surface area contributed by atoms with Crippen molar-refractivity contribution in [1.29, 1.82) is 0 Å². The highest BCUT2D eigenvalue weighted by Crippen LogP contribution is 2.34. The molecule has 2 rings (SSSR count). The normalized spacial score (nSPS) is 10.5. The molecule has 0 unspecified atom stereocenters. The molecule has 0 radical (unpaired) electrons. The number of benzene rings is 2. The fraction of sp³-hybridized carbons (Fsp3) is 0.143. The van der Waals surface area contributed by atoms with Gasteiger partial charge in [-0.15, -0.1) is 0 Å². The zero-order valence-corrected chi connectivity index (χ0v) is 12.6. The van der Waals surface area contributed by atoms with Crippen LogP contribution in [0.25, 0.3) is 0 Å². The molecule has 2 aromatic carbocycles. The summed E-state index contributed by atoms with van der Waals surface area (Å²) in [7, 11) is 1.75. The predicted molar refractivity (Wildman–Crippen MR) is 78.4 cm³/mol. The molecule has 0 saturated carbocycles. The summed E-state index contributed by atoms with van der Waals surface area (Å²) in [6.45, 7) is 0.383. The molecule has 0 aromatic heterocycles. The van der Waals surface area contributed by atoms with Gasteiger partial charge in [-0.3, -0.25) is 0 Å². The third kappa shape index (κ3) is 3.47. The second-order valence-electron chi connectivity index (χ2n) is 3.92. The van der Waals surface area contributed by atoms with Gasteiger partial charge < -0.3 is 10.1 Å². The molecule has 0 fully saturated rings. The molecule has 0 atom stereocenters. The summed E-state index contributed by atoms with van der Waals surface area (Å²) in [5.74, 6) is 0.631. The highest BCUT2D eigenvalue weighted by atomic mass is 79.9. The number of hydrogen-bond acceptors (Lipinski definition) is 2. The molecule has 1 N–H and O–H groups in total. The Labute approximate surface area is 124 Å². The monoisotopic (exact) mass is 343 g/mol. The van der Waals surface area contributed by atoms with Crippen molar-refractivity contribution in [2.45, 2.75) is 6.54 Å². The van der Waals surface area contributed by atoms with Crippen molar-refractivity contribution in [2.24, 2.45) is 0 Å². The van der Waals surface area contributed by atoms with E-state index in [9.17, 15) is 4.39 Å². The maximum Gasteiger partial charge on any atom is 0.147 e. The van der Waals surface area contributed by atoms with E-state index in [0.717, 1.165) is 4.47 Å². The topological polar surface area (TPSA) is 21.3 Å². The van der Waals surface area contributed by atoms with Crippen molar-refractivity contribution >= 4 is 27.5 Å². The van der Waals surface area contributed by atoms with Crippen LogP contribution in [0, 0.1) is 5.82 Å². The van der Waals surface area contributed by atoms with Crippen molar-refractivity contribution < 1.29 is 9.13 Å². The van der Waals surface area contributed by atoms with Gasteiger partial charge in [-0.2, -0.15) is 0 Å². The molecule has 100 valence electrons. The van der Waals surface area contributed by atoms with E-state index in [0.29, 0.717) is 28.6 Å². The van der Waals surface area contributed by atoms with E-state index in [1.54, 1.807) is 31.3 Å². The lowest BCUT2D eigenvalue weighted by Crippen LogP contribution is -2.08. The molecular weight excluding hydrogens is 333 g/mol.